The number of nitrogens with one attached hydrogen (secondary N) is 1. The minimum Gasteiger partial charge on any atom is -0.495 e. The molecule has 4 rings (SSSR count). The largest absolute Gasteiger partial charge is 0.495 e. The molecule has 1 aromatic carbocycles. The van der Waals surface area contributed by atoms with Crippen LogP contribution in [0.5, 0.6) is 11.5 Å². The molecule has 1 amide bonds. The zero-order chi connectivity index (χ0) is 22.7. The summed E-state index contributed by atoms with van der Waals surface area (Å²) in [5.41, 5.74) is 1.15. The molecule has 1 aliphatic rings. The molecule has 3 heterocycles. The molecule has 0 saturated carbocycles. The maximum absolute atomic E-state index is 12.6. The first-order chi connectivity index (χ1) is 15.5. The average molecular weight is 494 g/mol. The number of ether oxygens (including phenoxy) is 2. The van der Waals surface area contributed by atoms with Crippen LogP contribution >= 0.6 is 34.7 Å². The molecule has 0 bridgehead atoms. The minimum absolute atomic E-state index is 0.174. The molecule has 1 aliphatic heterocycles. The van der Waals surface area contributed by atoms with Crippen LogP contribution in [-0.4, -0.2) is 53.9 Å². The number of anilines is 2. The second-order valence-corrected chi connectivity index (χ2v) is 9.87. The van der Waals surface area contributed by atoms with E-state index in [4.69, 9.17) is 26.1 Å². The summed E-state index contributed by atoms with van der Waals surface area (Å²) in [4.78, 5) is 28.3. The van der Waals surface area contributed by atoms with E-state index in [-0.39, 0.29) is 11.7 Å². The number of benzene rings is 1. The lowest BCUT2D eigenvalue weighted by Gasteiger charge is -2.29. The van der Waals surface area contributed by atoms with Crippen LogP contribution in [0.2, 0.25) is 5.02 Å². The number of aromatic nitrogens is 3. The Morgan fingerprint density at radius 2 is 2.00 bits per heavy atom. The zero-order valence-electron chi connectivity index (χ0n) is 18.1. The maximum atomic E-state index is 12.6. The highest BCUT2D eigenvalue weighted by Gasteiger charge is 2.21. The summed E-state index contributed by atoms with van der Waals surface area (Å²) >= 11 is 9.13. The lowest BCUT2D eigenvalue weighted by atomic mass is 10.00. The van der Waals surface area contributed by atoms with Gasteiger partial charge in [0.15, 0.2) is 10.8 Å². The molecule has 0 unspecified atom stereocenters. The molecule has 0 spiro atoms. The van der Waals surface area contributed by atoms with Gasteiger partial charge in [0.1, 0.15) is 27.6 Å². The second-order valence-electron chi connectivity index (χ2n) is 7.52. The van der Waals surface area contributed by atoms with Crippen LogP contribution in [0, 0.1) is 5.92 Å². The predicted octanol–water partition coefficient (Wildman–Crippen LogP) is 4.72. The van der Waals surface area contributed by atoms with E-state index < -0.39 is 0 Å². The molecule has 0 atom stereocenters. The Bertz CT molecular complexity index is 1120. The van der Waals surface area contributed by atoms with Crippen molar-refractivity contribution in [2.75, 3.05) is 43.3 Å². The molecule has 0 radical (unpaired) electrons. The van der Waals surface area contributed by atoms with Gasteiger partial charge < -0.3 is 19.7 Å². The number of carbonyl (C=O) groups excluding carboxylic acids is 1. The molecule has 11 heteroatoms. The number of amides is 1. The molecule has 1 saturated heterocycles. The van der Waals surface area contributed by atoms with Gasteiger partial charge in [0.25, 0.3) is 0 Å². The summed E-state index contributed by atoms with van der Waals surface area (Å²) in [6, 6.07) is 3.25. The highest BCUT2D eigenvalue weighted by atomic mass is 35.5. The SMILES string of the molecule is COc1cc(OC)c(NC(=O)CSc2ncnc3nc(N4CCC(C)CC4)sc23)cc1Cl. The number of hydrogen-bond acceptors (Lipinski definition) is 9. The van der Waals surface area contributed by atoms with Gasteiger partial charge in [-0.3, -0.25) is 4.79 Å². The van der Waals surface area contributed by atoms with Gasteiger partial charge >= 0.3 is 0 Å². The maximum Gasteiger partial charge on any atom is 0.234 e. The first-order valence-electron chi connectivity index (χ1n) is 10.2. The molecule has 8 nitrogen and oxygen atoms in total. The van der Waals surface area contributed by atoms with Gasteiger partial charge in [0, 0.05) is 19.2 Å². The number of thioether (sulfide) groups is 1. The van der Waals surface area contributed by atoms with Crippen LogP contribution in [-0.2, 0) is 4.79 Å². The number of hydrogen-bond donors (Lipinski definition) is 1. The quantitative estimate of drug-likeness (QED) is 0.373. The highest BCUT2D eigenvalue weighted by molar-refractivity contribution is 8.00. The van der Waals surface area contributed by atoms with Crippen molar-refractivity contribution in [1.29, 1.82) is 0 Å². The third-order valence-corrected chi connectivity index (χ3v) is 7.82. The summed E-state index contributed by atoms with van der Waals surface area (Å²) in [7, 11) is 3.05. The molecule has 32 heavy (non-hydrogen) atoms. The topological polar surface area (TPSA) is 89.5 Å². The van der Waals surface area contributed by atoms with Gasteiger partial charge in [-0.1, -0.05) is 41.6 Å². The van der Waals surface area contributed by atoms with Crippen molar-refractivity contribution >= 4 is 61.8 Å². The number of thiazole rings is 1. The molecule has 170 valence electrons. The molecular formula is C21H24ClN5O3S2. The smallest absolute Gasteiger partial charge is 0.234 e. The van der Waals surface area contributed by atoms with Gasteiger partial charge in [-0.2, -0.15) is 4.98 Å². The van der Waals surface area contributed by atoms with E-state index in [9.17, 15) is 4.79 Å². The number of nitrogens with zero attached hydrogens (tertiary/aromatic N) is 4. The average Bonchev–Trinajstić information content (AvgIpc) is 3.23. The fourth-order valence-corrected chi connectivity index (χ4v) is 5.62. The Kier molecular flexibility index (Phi) is 7.22. The Hall–Kier alpha value is -2.30. The number of fused-ring (bicyclic) bond motifs is 1. The predicted molar refractivity (Wildman–Crippen MR) is 130 cm³/mol. The molecule has 2 aromatic heterocycles. The minimum atomic E-state index is -0.198. The van der Waals surface area contributed by atoms with Gasteiger partial charge in [-0.15, -0.1) is 0 Å². The second kappa shape index (κ2) is 10.1. The van der Waals surface area contributed by atoms with Crippen LogP contribution < -0.4 is 19.7 Å². The lowest BCUT2D eigenvalue weighted by molar-refractivity contribution is -0.113. The van der Waals surface area contributed by atoms with Crippen LogP contribution in [0.15, 0.2) is 23.5 Å². The fraction of sp³-hybridized carbons (Fsp3) is 0.429. The normalized spacial score (nSPS) is 14.6. The fourth-order valence-electron chi connectivity index (χ4n) is 3.44. The molecule has 1 N–H and O–H groups in total. The van der Waals surface area contributed by atoms with E-state index in [2.05, 4.69) is 27.1 Å². The summed E-state index contributed by atoms with van der Waals surface area (Å²) in [6.07, 6.45) is 3.83. The standard InChI is InChI=1S/C21H24ClN5O3S2/c1-12-4-6-27(7-5-12)21-26-19-18(32-21)20(24-11-23-19)31-10-17(28)25-14-8-13(22)15(29-2)9-16(14)30-3/h8-9,11-12H,4-7,10H2,1-3H3,(H,25,28). The van der Waals surface area contributed by atoms with E-state index in [0.29, 0.717) is 27.9 Å². The third kappa shape index (κ3) is 5.02. The van der Waals surface area contributed by atoms with Crippen LogP contribution in [0.25, 0.3) is 10.3 Å². The Labute approximate surface area is 199 Å². The van der Waals surface area contributed by atoms with Gasteiger partial charge in [0.2, 0.25) is 5.91 Å². The van der Waals surface area contributed by atoms with E-state index in [1.807, 2.05) is 0 Å². The molecular weight excluding hydrogens is 470 g/mol. The molecule has 1 fully saturated rings. The van der Waals surface area contributed by atoms with Crippen molar-refractivity contribution < 1.29 is 14.3 Å². The Morgan fingerprint density at radius 1 is 1.25 bits per heavy atom. The number of halogens is 1. The van der Waals surface area contributed by atoms with Crippen molar-refractivity contribution in [2.24, 2.45) is 5.92 Å². The van der Waals surface area contributed by atoms with Gasteiger partial charge in [-0.25, -0.2) is 9.97 Å². The first-order valence-corrected chi connectivity index (χ1v) is 12.4. The summed E-state index contributed by atoms with van der Waals surface area (Å²) in [5, 5.41) is 4.95. The van der Waals surface area contributed by atoms with Crippen molar-refractivity contribution in [2.45, 2.75) is 24.8 Å². The summed E-state index contributed by atoms with van der Waals surface area (Å²) < 4.78 is 11.4. The highest BCUT2D eigenvalue weighted by Crippen LogP contribution is 2.37. The number of methoxy groups -OCH3 is 2. The van der Waals surface area contributed by atoms with Crippen molar-refractivity contribution in [1.82, 2.24) is 15.0 Å². The van der Waals surface area contributed by atoms with E-state index in [1.54, 1.807) is 23.5 Å². The lowest BCUT2D eigenvalue weighted by Crippen LogP contribution is -2.32. The zero-order valence-corrected chi connectivity index (χ0v) is 20.4. The number of carbonyl (C=O) groups is 1. The van der Waals surface area contributed by atoms with Gasteiger partial charge in [0.05, 0.1) is 30.7 Å². The Balaban J connectivity index is 1.45. The van der Waals surface area contributed by atoms with Crippen molar-refractivity contribution in [3.8, 4) is 11.5 Å². The van der Waals surface area contributed by atoms with E-state index >= 15 is 0 Å². The first kappa shape index (κ1) is 22.9. The van der Waals surface area contributed by atoms with Crippen molar-refractivity contribution in [3.63, 3.8) is 0 Å². The molecule has 3 aromatic rings. The Morgan fingerprint density at radius 3 is 2.72 bits per heavy atom. The number of piperidine rings is 1. The summed E-state index contributed by atoms with van der Waals surface area (Å²) in [5.74, 6) is 1.67. The van der Waals surface area contributed by atoms with Crippen LogP contribution in [0.4, 0.5) is 10.8 Å². The number of rotatable bonds is 7. The van der Waals surface area contributed by atoms with E-state index in [0.717, 1.165) is 33.9 Å². The summed E-state index contributed by atoms with van der Waals surface area (Å²) in [6.45, 7) is 4.30. The van der Waals surface area contributed by atoms with E-state index in [1.165, 1.54) is 45.2 Å². The van der Waals surface area contributed by atoms with Gasteiger partial charge in [-0.05, 0) is 24.8 Å². The monoisotopic (exact) mass is 493 g/mol. The molecule has 0 aliphatic carbocycles. The van der Waals surface area contributed by atoms with Crippen LogP contribution in [0.1, 0.15) is 19.8 Å². The van der Waals surface area contributed by atoms with Crippen LogP contribution in [0.3, 0.4) is 0 Å². The van der Waals surface area contributed by atoms with Crippen molar-refractivity contribution in [3.05, 3.63) is 23.5 Å². The third-order valence-electron chi connectivity index (χ3n) is 5.29.